The van der Waals surface area contributed by atoms with E-state index in [0.717, 1.165) is 18.7 Å². The lowest BCUT2D eigenvalue weighted by molar-refractivity contribution is 0.0586. The molecular weight excluding hydrogens is 248 g/mol. The number of hydrogen-bond acceptors (Lipinski definition) is 6. The molecule has 3 rings (SSSR count). The van der Waals surface area contributed by atoms with Gasteiger partial charge in [0.1, 0.15) is 0 Å². The number of carbonyl (C=O) groups excluding carboxylic acids is 1. The van der Waals surface area contributed by atoms with Crippen molar-refractivity contribution in [2.45, 2.75) is 12.5 Å². The molecule has 8 nitrogen and oxygen atoms in total. The summed E-state index contributed by atoms with van der Waals surface area (Å²) in [5.41, 5.74) is 1.03. The smallest absolute Gasteiger partial charge is 0.378 e. The number of aryl methyl sites for hydroxylation is 1. The van der Waals surface area contributed by atoms with Crippen molar-refractivity contribution in [3.63, 3.8) is 0 Å². The molecule has 0 aliphatic carbocycles. The fourth-order valence-corrected chi connectivity index (χ4v) is 2.27. The molecule has 1 aliphatic rings. The second-order valence-electron chi connectivity index (χ2n) is 4.31. The molecule has 0 spiro atoms. The van der Waals surface area contributed by atoms with Gasteiger partial charge in [0.2, 0.25) is 5.95 Å². The molecule has 1 N–H and O–H groups in total. The fraction of sp³-hybridized carbons (Fsp3) is 0.455. The molecule has 2 aromatic heterocycles. The van der Waals surface area contributed by atoms with Gasteiger partial charge in [-0.2, -0.15) is 10.1 Å². The molecule has 0 saturated heterocycles. The molecule has 19 heavy (non-hydrogen) atoms. The summed E-state index contributed by atoms with van der Waals surface area (Å²) in [6.07, 6.45) is 2.60. The quantitative estimate of drug-likeness (QED) is 0.778. The third-order valence-corrected chi connectivity index (χ3v) is 3.20. The Bertz CT molecular complexity index is 616. The lowest BCUT2D eigenvalue weighted by atomic mass is 10.1. The largest absolute Gasteiger partial charge is 0.463 e. The number of methoxy groups -OCH3 is 1. The van der Waals surface area contributed by atoms with E-state index in [2.05, 4.69) is 25.2 Å². The molecule has 100 valence electrons. The summed E-state index contributed by atoms with van der Waals surface area (Å²) in [6.45, 7) is 0.773. The Kier molecular flexibility index (Phi) is 2.69. The van der Waals surface area contributed by atoms with E-state index in [9.17, 15) is 4.79 Å². The molecule has 2 aromatic rings. The van der Waals surface area contributed by atoms with E-state index < -0.39 is 5.97 Å². The zero-order valence-electron chi connectivity index (χ0n) is 10.7. The highest BCUT2D eigenvalue weighted by Crippen LogP contribution is 2.27. The third-order valence-electron chi connectivity index (χ3n) is 3.20. The number of nitrogens with one attached hydrogen (secondary N) is 1. The lowest BCUT2D eigenvalue weighted by Crippen LogP contribution is -2.26. The minimum atomic E-state index is -0.535. The third kappa shape index (κ3) is 1.85. The first-order valence-corrected chi connectivity index (χ1v) is 5.97. The molecule has 1 unspecified atom stereocenters. The van der Waals surface area contributed by atoms with Gasteiger partial charge in [-0.05, 0) is 12.5 Å². The minimum absolute atomic E-state index is 0.0228. The predicted octanol–water partition coefficient (Wildman–Crippen LogP) is 0.203. The number of carbonyl (C=O) groups is 1. The average Bonchev–Trinajstić information content (AvgIpc) is 3.03. The van der Waals surface area contributed by atoms with Crippen LogP contribution in [0.5, 0.6) is 0 Å². The van der Waals surface area contributed by atoms with Gasteiger partial charge in [-0.3, -0.25) is 4.68 Å². The van der Waals surface area contributed by atoms with E-state index in [-0.39, 0.29) is 11.9 Å². The van der Waals surface area contributed by atoms with Crippen LogP contribution < -0.4 is 5.32 Å². The molecule has 0 fully saturated rings. The van der Waals surface area contributed by atoms with Crippen molar-refractivity contribution in [1.82, 2.24) is 24.5 Å². The number of nitrogens with zero attached hydrogens (tertiary/aromatic N) is 5. The lowest BCUT2D eigenvalue weighted by Gasteiger charge is -2.24. The fourth-order valence-electron chi connectivity index (χ4n) is 2.27. The Balaban J connectivity index is 2.02. The van der Waals surface area contributed by atoms with Crippen LogP contribution in [-0.4, -0.2) is 44.2 Å². The van der Waals surface area contributed by atoms with Gasteiger partial charge in [-0.15, -0.1) is 5.10 Å². The highest BCUT2D eigenvalue weighted by molar-refractivity contribution is 5.85. The van der Waals surface area contributed by atoms with Crippen LogP contribution in [0.15, 0.2) is 12.3 Å². The number of hydrogen-bond donors (Lipinski definition) is 1. The average molecular weight is 262 g/mol. The Morgan fingerprint density at radius 3 is 3.11 bits per heavy atom. The van der Waals surface area contributed by atoms with Crippen LogP contribution in [0.3, 0.4) is 0 Å². The summed E-state index contributed by atoms with van der Waals surface area (Å²) in [5, 5.41) is 11.5. The van der Waals surface area contributed by atoms with Gasteiger partial charge < -0.3 is 10.1 Å². The van der Waals surface area contributed by atoms with E-state index in [1.165, 1.54) is 7.11 Å². The minimum Gasteiger partial charge on any atom is -0.463 e. The van der Waals surface area contributed by atoms with Crippen LogP contribution in [-0.2, 0) is 11.8 Å². The summed E-state index contributed by atoms with van der Waals surface area (Å²) in [4.78, 5) is 15.6. The highest BCUT2D eigenvalue weighted by Gasteiger charge is 2.28. The van der Waals surface area contributed by atoms with Gasteiger partial charge in [0, 0.05) is 19.8 Å². The molecule has 0 bridgehead atoms. The Morgan fingerprint density at radius 2 is 2.42 bits per heavy atom. The number of rotatable bonds is 2. The van der Waals surface area contributed by atoms with Crippen molar-refractivity contribution < 1.29 is 9.53 Å². The maximum Gasteiger partial charge on any atom is 0.378 e. The summed E-state index contributed by atoms with van der Waals surface area (Å²) in [7, 11) is 3.20. The zero-order valence-corrected chi connectivity index (χ0v) is 10.7. The first-order valence-electron chi connectivity index (χ1n) is 5.97. The van der Waals surface area contributed by atoms with Crippen molar-refractivity contribution in [2.75, 3.05) is 19.0 Å². The number of ether oxygens (including phenoxy) is 1. The van der Waals surface area contributed by atoms with E-state index in [4.69, 9.17) is 0 Å². The van der Waals surface area contributed by atoms with E-state index >= 15 is 0 Å². The van der Waals surface area contributed by atoms with Gasteiger partial charge in [0.15, 0.2) is 0 Å². The molecule has 1 atom stereocenters. The Hall–Kier alpha value is -2.38. The highest BCUT2D eigenvalue weighted by atomic mass is 16.5. The normalized spacial score (nSPS) is 17.7. The summed E-state index contributed by atoms with van der Waals surface area (Å²) < 4.78 is 8.16. The summed E-state index contributed by atoms with van der Waals surface area (Å²) >= 11 is 0. The van der Waals surface area contributed by atoms with Crippen molar-refractivity contribution in [1.29, 1.82) is 0 Å². The maximum absolute atomic E-state index is 11.5. The second-order valence-corrected chi connectivity index (χ2v) is 4.31. The van der Waals surface area contributed by atoms with E-state index in [1.54, 1.807) is 15.6 Å². The van der Waals surface area contributed by atoms with Crippen molar-refractivity contribution in [2.24, 2.45) is 7.05 Å². The van der Waals surface area contributed by atoms with Crippen LogP contribution in [0.2, 0.25) is 0 Å². The molecule has 3 heterocycles. The number of esters is 1. The van der Waals surface area contributed by atoms with Gasteiger partial charge in [0.05, 0.1) is 18.8 Å². The van der Waals surface area contributed by atoms with E-state index in [1.807, 2.05) is 13.1 Å². The second kappa shape index (κ2) is 4.38. The van der Waals surface area contributed by atoms with Crippen molar-refractivity contribution >= 4 is 11.9 Å². The number of fused-ring (bicyclic) bond motifs is 1. The van der Waals surface area contributed by atoms with Crippen LogP contribution in [0.4, 0.5) is 5.95 Å². The van der Waals surface area contributed by atoms with Crippen molar-refractivity contribution in [3.8, 4) is 0 Å². The van der Waals surface area contributed by atoms with Crippen LogP contribution in [0, 0.1) is 0 Å². The molecule has 0 radical (unpaired) electrons. The number of anilines is 1. The SMILES string of the molecule is COC(=O)c1nc2n(n1)C(c1ccnn1C)CCN2. The van der Waals surface area contributed by atoms with Gasteiger partial charge in [0.25, 0.3) is 5.82 Å². The van der Waals surface area contributed by atoms with Crippen LogP contribution in [0.25, 0.3) is 0 Å². The first kappa shape index (κ1) is 11.7. The van der Waals surface area contributed by atoms with Gasteiger partial charge in [-0.25, -0.2) is 9.48 Å². The van der Waals surface area contributed by atoms with Crippen LogP contribution in [0.1, 0.15) is 28.8 Å². The molecule has 0 saturated carbocycles. The summed E-state index contributed by atoms with van der Waals surface area (Å²) in [6, 6.07) is 1.97. The van der Waals surface area contributed by atoms with Gasteiger partial charge >= 0.3 is 5.97 Å². The van der Waals surface area contributed by atoms with Crippen molar-refractivity contribution in [3.05, 3.63) is 23.8 Å². The molecular formula is C11H14N6O2. The maximum atomic E-state index is 11.5. The Morgan fingerprint density at radius 1 is 1.58 bits per heavy atom. The van der Waals surface area contributed by atoms with Gasteiger partial charge in [-0.1, -0.05) is 0 Å². The zero-order chi connectivity index (χ0) is 13.4. The Labute approximate surface area is 109 Å². The molecule has 0 amide bonds. The number of aromatic nitrogens is 5. The first-order chi connectivity index (χ1) is 9.20. The topological polar surface area (TPSA) is 86.9 Å². The van der Waals surface area contributed by atoms with E-state index in [0.29, 0.717) is 5.95 Å². The summed E-state index contributed by atoms with van der Waals surface area (Å²) in [5.74, 6) is 0.115. The molecule has 1 aliphatic heterocycles. The molecule has 8 heteroatoms. The standard InChI is InChI=1S/C11H14N6O2/c1-16-7(4-6-13-16)8-3-5-12-11-14-9(10(18)19-2)15-17(8)11/h4,6,8H,3,5H2,1-2H3,(H,12,14,15). The predicted molar refractivity (Wildman–Crippen MR) is 65.8 cm³/mol. The molecule has 0 aromatic carbocycles. The monoisotopic (exact) mass is 262 g/mol. The van der Waals surface area contributed by atoms with Crippen LogP contribution >= 0.6 is 0 Å².